The van der Waals surface area contributed by atoms with Crippen LogP contribution < -0.4 is 41.4 Å². The zero-order valence-corrected chi connectivity index (χ0v) is 48.6. The summed E-state index contributed by atoms with van der Waals surface area (Å²) >= 11 is 0. The first-order valence-corrected chi connectivity index (χ1v) is 28.4. The number of carboxylic acid groups (broad SMARTS) is 1. The molecule has 0 saturated carbocycles. The predicted octanol–water partition coefficient (Wildman–Crippen LogP) is 7.06. The van der Waals surface area contributed by atoms with E-state index >= 15 is 19.2 Å². The number of aromatic nitrogens is 1. The fraction of sp³-hybridized carbons (Fsp3) is 0.212. The lowest BCUT2D eigenvalue weighted by molar-refractivity contribution is -0.145. The molecule has 0 fully saturated rings. The van der Waals surface area contributed by atoms with Gasteiger partial charge in [0, 0.05) is 42.6 Å². The number of carbonyl (C=O) groups is 8. The number of carbonyl (C=O) groups excluding carboxylic acids is 7. The quantitative estimate of drug-likeness (QED) is 0.0792. The van der Waals surface area contributed by atoms with Crippen LogP contribution in [0.3, 0.4) is 0 Å². The SMILES string of the molecule is CN1C(=O)[C@@H]2NC(=O)[C@@H]3NC(=O)[C@@H](c4ccc(O)cc4)NC(=O)[C@H](NC(=O)C(NC(=O)OC(C)(C)C)c4ccc(O)cc4)Cc4c[nH]c5cc(ccc45)-c4cc3cc(c4O)Oc3ccc(cc3)C[C@H]1C(=O)N[C@@H](C(=O)O)c1ccc(O)c(c1)Oc1ccc2cc1. The monoisotopic (exact) mass is 1220 g/mol. The van der Waals surface area contributed by atoms with Gasteiger partial charge in [0.25, 0.3) is 0 Å². The van der Waals surface area contributed by atoms with Gasteiger partial charge in [0.15, 0.2) is 29.0 Å². The highest BCUT2D eigenvalue weighted by molar-refractivity contribution is 6.00. The molecule has 6 aliphatic rings. The van der Waals surface area contributed by atoms with Crippen molar-refractivity contribution in [1.82, 2.24) is 41.8 Å². The average Bonchev–Trinajstić information content (AvgIpc) is 1.37. The number of amides is 7. The summed E-state index contributed by atoms with van der Waals surface area (Å²) in [6, 6.07) is 22.4. The molecule has 0 radical (unpaired) electrons. The second-order valence-corrected chi connectivity index (χ2v) is 22.9. The summed E-state index contributed by atoms with van der Waals surface area (Å²) in [7, 11) is 1.30. The third-order valence-corrected chi connectivity index (χ3v) is 15.6. The third kappa shape index (κ3) is 12.8. The fourth-order valence-corrected chi connectivity index (χ4v) is 10.9. The van der Waals surface area contributed by atoms with E-state index in [1.54, 1.807) is 57.3 Å². The van der Waals surface area contributed by atoms with E-state index in [1.807, 2.05) is 0 Å². The van der Waals surface area contributed by atoms with Crippen molar-refractivity contribution in [2.45, 2.75) is 81.5 Å². The number of nitrogens with one attached hydrogen (secondary N) is 7. The van der Waals surface area contributed by atoms with Crippen LogP contribution in [0.4, 0.5) is 4.79 Å². The first-order chi connectivity index (χ1) is 42.9. The molecule has 6 aliphatic heterocycles. The molecule has 7 atom stereocenters. The third-order valence-electron chi connectivity index (χ3n) is 15.6. The Balaban J connectivity index is 1.06. The van der Waals surface area contributed by atoms with Crippen LogP contribution in [0.25, 0.3) is 22.0 Å². The van der Waals surface area contributed by atoms with Crippen molar-refractivity contribution in [2.24, 2.45) is 0 Å². The lowest BCUT2D eigenvalue weighted by Crippen LogP contribution is -2.55. The Bertz CT molecular complexity index is 4170. The Morgan fingerprint density at radius 1 is 0.622 bits per heavy atom. The molecule has 8 aromatic rings. The maximum atomic E-state index is 15.8. The molecule has 7 amide bonds. The number of nitrogens with zero attached hydrogens (tertiary/aromatic N) is 1. The van der Waals surface area contributed by atoms with Gasteiger partial charge >= 0.3 is 12.1 Å². The van der Waals surface area contributed by atoms with Gasteiger partial charge < -0.3 is 81.5 Å². The van der Waals surface area contributed by atoms with E-state index < -0.39 is 101 Å². The summed E-state index contributed by atoms with van der Waals surface area (Å²) in [5.74, 6) is -8.65. The first-order valence-electron chi connectivity index (χ1n) is 28.4. The average molecular weight is 1220 g/mol. The van der Waals surface area contributed by atoms with Crippen LogP contribution in [-0.2, 0) is 51.1 Å². The molecule has 1 unspecified atom stereocenters. The molecule has 14 rings (SSSR count). The number of aromatic amines is 1. The number of rotatable bonds is 6. The van der Waals surface area contributed by atoms with Crippen LogP contribution >= 0.6 is 0 Å². The van der Waals surface area contributed by atoms with Crippen LogP contribution in [0, 0.1) is 0 Å². The van der Waals surface area contributed by atoms with Crippen LogP contribution in [0.5, 0.6) is 46.0 Å². The van der Waals surface area contributed by atoms with Gasteiger partial charge in [-0.25, -0.2) is 9.59 Å². The van der Waals surface area contributed by atoms with E-state index in [1.165, 1.54) is 122 Å². The van der Waals surface area contributed by atoms with Crippen molar-refractivity contribution in [3.63, 3.8) is 0 Å². The van der Waals surface area contributed by atoms with Gasteiger partial charge in [-0.2, -0.15) is 0 Å². The highest BCUT2D eigenvalue weighted by Gasteiger charge is 2.40. The molecule has 0 aliphatic carbocycles. The molecule has 7 aromatic carbocycles. The number of ether oxygens (including phenoxy) is 3. The summed E-state index contributed by atoms with van der Waals surface area (Å²) in [5, 5.41) is 71.2. The molecule has 7 heterocycles. The fourth-order valence-electron chi connectivity index (χ4n) is 10.9. The second kappa shape index (κ2) is 24.3. The van der Waals surface area contributed by atoms with Gasteiger partial charge in [-0.05, 0) is 144 Å². The number of H-pyrrole nitrogens is 1. The van der Waals surface area contributed by atoms with Gasteiger partial charge in [-0.15, -0.1) is 0 Å². The number of hydrogen-bond donors (Lipinski definition) is 12. The Morgan fingerprint density at radius 2 is 1.20 bits per heavy atom. The van der Waals surface area contributed by atoms with Crippen molar-refractivity contribution < 1.29 is 78.1 Å². The van der Waals surface area contributed by atoms with E-state index in [0.29, 0.717) is 27.6 Å². The zero-order valence-electron chi connectivity index (χ0n) is 48.6. The Morgan fingerprint density at radius 3 is 1.87 bits per heavy atom. The first kappa shape index (κ1) is 60.1. The van der Waals surface area contributed by atoms with Crippen molar-refractivity contribution in [3.8, 4) is 57.1 Å². The van der Waals surface area contributed by atoms with Crippen molar-refractivity contribution in [2.75, 3.05) is 7.05 Å². The maximum Gasteiger partial charge on any atom is 0.408 e. The maximum absolute atomic E-state index is 15.8. The van der Waals surface area contributed by atoms with E-state index in [0.717, 1.165) is 4.90 Å². The summed E-state index contributed by atoms with van der Waals surface area (Å²) in [5.41, 5.74) is 1.20. The number of aromatic hydroxyl groups is 4. The highest BCUT2D eigenvalue weighted by Crippen LogP contribution is 2.44. The minimum absolute atomic E-state index is 0.0116. The van der Waals surface area contributed by atoms with Crippen LogP contribution in [0.2, 0.25) is 0 Å². The number of fused-ring (bicyclic) bond motifs is 14. The number of alkyl carbamates (subject to hydrolysis) is 1. The molecule has 24 nitrogen and oxygen atoms in total. The van der Waals surface area contributed by atoms with E-state index in [4.69, 9.17) is 14.2 Å². The van der Waals surface area contributed by atoms with E-state index in [2.05, 4.69) is 36.9 Å². The Kier molecular flexibility index (Phi) is 16.2. The highest BCUT2D eigenvalue weighted by atomic mass is 16.6. The molecule has 15 bridgehead atoms. The molecule has 0 saturated heterocycles. The number of hydrogen-bond acceptors (Lipinski definition) is 15. The number of phenols is 4. The van der Waals surface area contributed by atoms with E-state index in [9.17, 15) is 44.7 Å². The molecular formula is C66H60N8O16. The summed E-state index contributed by atoms with van der Waals surface area (Å²) in [4.78, 5) is 122. The Labute approximate surface area is 512 Å². The number of carboxylic acids is 1. The van der Waals surface area contributed by atoms with Crippen molar-refractivity contribution >= 4 is 58.4 Å². The predicted molar refractivity (Wildman–Crippen MR) is 322 cm³/mol. The van der Waals surface area contributed by atoms with Gasteiger partial charge in [-0.1, -0.05) is 66.7 Å². The molecule has 90 heavy (non-hydrogen) atoms. The van der Waals surface area contributed by atoms with Gasteiger partial charge in [0.1, 0.15) is 64.9 Å². The van der Waals surface area contributed by atoms with Gasteiger partial charge in [0.2, 0.25) is 35.4 Å². The molecule has 1 aromatic heterocycles. The molecule has 0 spiro atoms. The zero-order chi connectivity index (χ0) is 63.9. The van der Waals surface area contributed by atoms with Crippen molar-refractivity contribution in [3.05, 3.63) is 191 Å². The van der Waals surface area contributed by atoms with Crippen LogP contribution in [0.15, 0.2) is 152 Å². The minimum Gasteiger partial charge on any atom is -0.508 e. The smallest absolute Gasteiger partial charge is 0.408 e. The number of benzene rings is 7. The number of phenolic OH excluding ortho intramolecular Hbond substituents is 4. The molecule has 24 heteroatoms. The molecule has 460 valence electrons. The minimum atomic E-state index is -1.90. The van der Waals surface area contributed by atoms with Gasteiger partial charge in [0.05, 0.1) is 0 Å². The normalized spacial score (nSPS) is 19.7. The Hall–Kier alpha value is -11.6. The second-order valence-electron chi connectivity index (χ2n) is 22.9. The standard InChI is InChI=1S/C66H60N8O16/c1-66(2,3)90-65(87)73-53(34-9-17-41(76)18-10-34)60(81)68-47-28-39-31-67-46-27-36(13-23-44(39)46)45-26-38-30-51(57(45)78)89-42-19-5-32(6-20-42)25-48-59(80)72-56(64(85)86)37-14-24-49(77)50(29-37)88-43-21-11-35(12-22-43)55(63(84)74(48)4)71-62(83)54(38)70-61(82)52(69-58(47)79)33-7-15-40(75)16-8-33/h5-24,26-27,29-31,47-48,52-56,67,75-78H,25,28H2,1-4H3,(H,68,81)(H,69,79)(H,70,82)(H,71,83)(H,72,80)(H,73,87)(H,85,86)/t47-,48+,52-,53?,54-,55-,56-/m1/s1. The van der Waals surface area contributed by atoms with Crippen LogP contribution in [-0.4, -0.2) is 108 Å². The van der Waals surface area contributed by atoms with Gasteiger partial charge in [-0.3, -0.25) is 28.8 Å². The number of aliphatic carboxylic acids is 1. The topological polar surface area (TPSA) is 357 Å². The molecular weight excluding hydrogens is 1160 g/mol. The van der Waals surface area contributed by atoms with E-state index in [-0.39, 0.29) is 86.5 Å². The van der Waals surface area contributed by atoms with Crippen molar-refractivity contribution in [1.29, 1.82) is 0 Å². The lowest BCUT2D eigenvalue weighted by atomic mass is 9.94. The summed E-state index contributed by atoms with van der Waals surface area (Å²) in [6.07, 6.45) is 0.136. The summed E-state index contributed by atoms with van der Waals surface area (Å²) in [6.45, 7) is 4.87. The van der Waals surface area contributed by atoms with Crippen LogP contribution in [0.1, 0.15) is 89.9 Å². The lowest BCUT2D eigenvalue weighted by Gasteiger charge is -2.33. The number of likely N-dealkylation sites (N-methyl/N-ethyl adjacent to an activating group) is 1. The molecule has 12 N–H and O–H groups in total. The largest absolute Gasteiger partial charge is 0.508 e. The summed E-state index contributed by atoms with van der Waals surface area (Å²) < 4.78 is 17.9.